The number of rotatable bonds is 5. The number of hydrogen-bond acceptors (Lipinski definition) is 4. The Morgan fingerprint density at radius 3 is 2.62 bits per heavy atom. The summed E-state index contributed by atoms with van der Waals surface area (Å²) in [4.78, 5) is 26.1. The van der Waals surface area contributed by atoms with E-state index in [1.165, 1.54) is 12.1 Å². The summed E-state index contributed by atoms with van der Waals surface area (Å²) in [7, 11) is 0. The van der Waals surface area contributed by atoms with Gasteiger partial charge in [0.05, 0.1) is 17.4 Å². The minimum absolute atomic E-state index is 0.0166. The van der Waals surface area contributed by atoms with Crippen LogP contribution in [0, 0.1) is 10.1 Å². The van der Waals surface area contributed by atoms with Gasteiger partial charge in [0.2, 0.25) is 5.91 Å². The lowest BCUT2D eigenvalue weighted by Gasteiger charge is -2.13. The maximum absolute atomic E-state index is 11.9. The first-order chi connectivity index (χ1) is 10.1. The van der Waals surface area contributed by atoms with Gasteiger partial charge in [0.1, 0.15) is 0 Å². The molecule has 2 rings (SSSR count). The van der Waals surface area contributed by atoms with E-state index in [1.807, 2.05) is 19.1 Å². The van der Waals surface area contributed by atoms with E-state index in [4.69, 9.17) is 0 Å². The van der Waals surface area contributed by atoms with Crippen molar-refractivity contribution >= 4 is 11.6 Å². The normalized spacial score (nSPS) is 11.7. The van der Waals surface area contributed by atoms with Crippen molar-refractivity contribution in [1.82, 2.24) is 10.3 Å². The van der Waals surface area contributed by atoms with Gasteiger partial charge in [0.15, 0.2) is 0 Å². The number of nitro groups is 1. The van der Waals surface area contributed by atoms with Crippen molar-refractivity contribution in [2.45, 2.75) is 19.4 Å². The van der Waals surface area contributed by atoms with E-state index in [-0.39, 0.29) is 24.1 Å². The van der Waals surface area contributed by atoms with E-state index in [0.717, 1.165) is 11.1 Å². The second kappa shape index (κ2) is 6.60. The van der Waals surface area contributed by atoms with Crippen LogP contribution in [-0.4, -0.2) is 15.8 Å². The molecule has 1 aromatic heterocycles. The highest BCUT2D eigenvalue weighted by Gasteiger charge is 2.11. The minimum Gasteiger partial charge on any atom is -0.349 e. The Balaban J connectivity index is 1.94. The Labute approximate surface area is 122 Å². The van der Waals surface area contributed by atoms with Gasteiger partial charge < -0.3 is 5.32 Å². The Bertz CT molecular complexity index is 626. The Kier molecular flexibility index (Phi) is 4.61. The van der Waals surface area contributed by atoms with Crippen LogP contribution in [0.1, 0.15) is 24.1 Å². The molecule has 21 heavy (non-hydrogen) atoms. The monoisotopic (exact) mass is 285 g/mol. The first-order valence-corrected chi connectivity index (χ1v) is 6.49. The molecule has 0 aliphatic heterocycles. The van der Waals surface area contributed by atoms with Crippen LogP contribution in [0.25, 0.3) is 0 Å². The fraction of sp³-hybridized carbons (Fsp3) is 0.200. The third-order valence-electron chi connectivity index (χ3n) is 3.07. The number of non-ortho nitro benzene ring substituents is 1. The number of nitro benzene ring substituents is 1. The molecule has 6 nitrogen and oxygen atoms in total. The summed E-state index contributed by atoms with van der Waals surface area (Å²) in [5.74, 6) is -0.139. The molecule has 1 unspecified atom stereocenters. The fourth-order valence-corrected chi connectivity index (χ4v) is 1.93. The van der Waals surface area contributed by atoms with Gasteiger partial charge in [-0.15, -0.1) is 0 Å². The number of benzene rings is 1. The van der Waals surface area contributed by atoms with Crippen LogP contribution in [0.4, 0.5) is 5.69 Å². The van der Waals surface area contributed by atoms with Crippen LogP contribution in [0.3, 0.4) is 0 Å². The summed E-state index contributed by atoms with van der Waals surface area (Å²) in [6.07, 6.45) is 3.56. The van der Waals surface area contributed by atoms with Gasteiger partial charge >= 0.3 is 0 Å². The molecule has 108 valence electrons. The maximum Gasteiger partial charge on any atom is 0.269 e. The lowest BCUT2D eigenvalue weighted by Crippen LogP contribution is -2.28. The van der Waals surface area contributed by atoms with Gasteiger partial charge in [-0.3, -0.25) is 19.9 Å². The van der Waals surface area contributed by atoms with Crippen LogP contribution in [-0.2, 0) is 11.2 Å². The molecular weight excluding hydrogens is 270 g/mol. The first kappa shape index (κ1) is 14.6. The van der Waals surface area contributed by atoms with E-state index in [1.54, 1.807) is 24.5 Å². The average Bonchev–Trinajstić information content (AvgIpc) is 2.48. The topological polar surface area (TPSA) is 85.1 Å². The highest BCUT2D eigenvalue weighted by molar-refractivity contribution is 5.79. The van der Waals surface area contributed by atoms with Crippen LogP contribution >= 0.6 is 0 Å². The standard InChI is InChI=1S/C15H15N3O3/c1-11(13-3-2-8-16-10-13)17-15(19)9-12-4-6-14(7-5-12)18(20)21/h2-8,10-11H,9H2,1H3,(H,17,19). The van der Waals surface area contributed by atoms with E-state index in [9.17, 15) is 14.9 Å². The van der Waals surface area contributed by atoms with Crippen molar-refractivity contribution in [3.63, 3.8) is 0 Å². The quantitative estimate of drug-likeness (QED) is 0.675. The molecule has 0 saturated carbocycles. The lowest BCUT2D eigenvalue weighted by atomic mass is 10.1. The molecule has 2 aromatic rings. The summed E-state index contributed by atoms with van der Waals surface area (Å²) in [5, 5.41) is 13.4. The molecule has 1 N–H and O–H groups in total. The summed E-state index contributed by atoms with van der Waals surface area (Å²) < 4.78 is 0. The lowest BCUT2D eigenvalue weighted by molar-refractivity contribution is -0.384. The first-order valence-electron chi connectivity index (χ1n) is 6.49. The van der Waals surface area contributed by atoms with Gasteiger partial charge in [-0.05, 0) is 24.1 Å². The molecule has 0 radical (unpaired) electrons. The average molecular weight is 285 g/mol. The van der Waals surface area contributed by atoms with Crippen LogP contribution in [0.15, 0.2) is 48.8 Å². The van der Waals surface area contributed by atoms with E-state index in [2.05, 4.69) is 10.3 Å². The van der Waals surface area contributed by atoms with Crippen molar-refractivity contribution in [3.05, 3.63) is 70.0 Å². The summed E-state index contributed by atoms with van der Waals surface area (Å²) in [6, 6.07) is 9.54. The molecule has 0 fully saturated rings. The van der Waals surface area contributed by atoms with Gasteiger partial charge in [-0.2, -0.15) is 0 Å². The third kappa shape index (κ3) is 4.10. The zero-order valence-electron chi connectivity index (χ0n) is 11.5. The van der Waals surface area contributed by atoms with Crippen molar-refractivity contribution in [2.24, 2.45) is 0 Å². The number of aromatic nitrogens is 1. The zero-order valence-corrected chi connectivity index (χ0v) is 11.5. The van der Waals surface area contributed by atoms with E-state index in [0.29, 0.717) is 0 Å². The predicted octanol–water partition coefficient (Wildman–Crippen LogP) is 2.41. The molecule has 1 aromatic carbocycles. The Hall–Kier alpha value is -2.76. The van der Waals surface area contributed by atoms with Gasteiger partial charge in [0, 0.05) is 24.5 Å². The van der Waals surface area contributed by atoms with Gasteiger partial charge in [-0.25, -0.2) is 0 Å². The minimum atomic E-state index is -0.464. The molecule has 0 aliphatic rings. The Morgan fingerprint density at radius 1 is 1.33 bits per heavy atom. The smallest absolute Gasteiger partial charge is 0.269 e. The van der Waals surface area contributed by atoms with Crippen molar-refractivity contribution in [1.29, 1.82) is 0 Å². The summed E-state index contributed by atoms with van der Waals surface area (Å²) in [5.41, 5.74) is 1.67. The number of nitrogens with one attached hydrogen (secondary N) is 1. The molecule has 0 saturated heterocycles. The van der Waals surface area contributed by atoms with Crippen molar-refractivity contribution < 1.29 is 9.72 Å². The van der Waals surface area contributed by atoms with E-state index >= 15 is 0 Å². The molecular formula is C15H15N3O3. The number of hydrogen-bond donors (Lipinski definition) is 1. The second-order valence-corrected chi connectivity index (χ2v) is 4.68. The van der Waals surface area contributed by atoms with Crippen LogP contribution < -0.4 is 5.32 Å². The van der Waals surface area contributed by atoms with Crippen LogP contribution in [0.2, 0.25) is 0 Å². The van der Waals surface area contributed by atoms with E-state index < -0.39 is 4.92 Å². The number of carbonyl (C=O) groups excluding carboxylic acids is 1. The number of pyridine rings is 1. The largest absolute Gasteiger partial charge is 0.349 e. The maximum atomic E-state index is 11.9. The summed E-state index contributed by atoms with van der Waals surface area (Å²) in [6.45, 7) is 1.88. The highest BCUT2D eigenvalue weighted by Crippen LogP contribution is 2.13. The zero-order chi connectivity index (χ0) is 15.2. The highest BCUT2D eigenvalue weighted by atomic mass is 16.6. The SMILES string of the molecule is CC(NC(=O)Cc1ccc([N+](=O)[O-])cc1)c1cccnc1. The molecule has 0 spiro atoms. The predicted molar refractivity (Wildman–Crippen MR) is 77.6 cm³/mol. The molecule has 0 aliphatic carbocycles. The second-order valence-electron chi connectivity index (χ2n) is 4.68. The molecule has 6 heteroatoms. The number of carbonyl (C=O) groups is 1. The Morgan fingerprint density at radius 2 is 2.05 bits per heavy atom. The molecule has 0 bridgehead atoms. The fourth-order valence-electron chi connectivity index (χ4n) is 1.93. The van der Waals surface area contributed by atoms with Gasteiger partial charge in [-0.1, -0.05) is 18.2 Å². The van der Waals surface area contributed by atoms with Gasteiger partial charge in [0.25, 0.3) is 5.69 Å². The van der Waals surface area contributed by atoms with Crippen molar-refractivity contribution in [3.8, 4) is 0 Å². The van der Waals surface area contributed by atoms with Crippen molar-refractivity contribution in [2.75, 3.05) is 0 Å². The third-order valence-corrected chi connectivity index (χ3v) is 3.07. The van der Waals surface area contributed by atoms with Crippen LogP contribution in [0.5, 0.6) is 0 Å². The summed E-state index contributed by atoms with van der Waals surface area (Å²) >= 11 is 0. The molecule has 1 heterocycles. The molecule has 1 amide bonds. The molecule has 1 atom stereocenters. The number of amides is 1. The number of nitrogens with zero attached hydrogens (tertiary/aromatic N) is 2.